The summed E-state index contributed by atoms with van der Waals surface area (Å²) in [6.07, 6.45) is 8.70. The largest absolute Gasteiger partial charge is 0.290 e. The van der Waals surface area contributed by atoms with Gasteiger partial charge in [-0.15, -0.1) is 11.3 Å². The first-order valence-corrected chi connectivity index (χ1v) is 7.02. The number of carbonyl (C=O) groups excluding carboxylic acids is 1. The van der Waals surface area contributed by atoms with Gasteiger partial charge in [-0.25, -0.2) is 4.98 Å². The first-order valence-electron chi connectivity index (χ1n) is 6.21. The fourth-order valence-electron chi connectivity index (χ4n) is 2.08. The molecule has 3 heterocycles. The number of aryl methyl sites for hydroxylation is 3. The number of fused-ring (bicyclic) bond motifs is 1. The highest BCUT2D eigenvalue weighted by Gasteiger charge is 2.10. The van der Waals surface area contributed by atoms with Gasteiger partial charge in [0.05, 0.1) is 23.1 Å². The molecule has 0 aliphatic rings. The highest BCUT2D eigenvalue weighted by atomic mass is 32.1. The lowest BCUT2D eigenvalue weighted by atomic mass is 10.2. The molecule has 0 bridgehead atoms. The third kappa shape index (κ3) is 2.18. The summed E-state index contributed by atoms with van der Waals surface area (Å²) < 4.78 is 3.63. The second kappa shape index (κ2) is 4.72. The number of allylic oxidation sites excluding steroid dienone is 1. The number of imidazole rings is 1. The number of carbonyl (C=O) groups is 1. The zero-order valence-electron chi connectivity index (χ0n) is 11.5. The lowest BCUT2D eigenvalue weighted by Crippen LogP contribution is -1.93. The number of rotatable bonds is 3. The molecular formula is C14H14N4OS. The molecule has 6 heteroatoms. The monoisotopic (exact) mass is 286 g/mol. The molecule has 0 fully saturated rings. The van der Waals surface area contributed by atoms with Crippen LogP contribution in [0.2, 0.25) is 0 Å². The lowest BCUT2D eigenvalue weighted by Gasteiger charge is -1.93. The van der Waals surface area contributed by atoms with Crippen LogP contribution < -0.4 is 0 Å². The topological polar surface area (TPSA) is 52.2 Å². The first kappa shape index (κ1) is 12.8. The second-order valence-corrected chi connectivity index (χ2v) is 5.89. The van der Waals surface area contributed by atoms with Crippen molar-refractivity contribution < 1.29 is 4.79 Å². The summed E-state index contributed by atoms with van der Waals surface area (Å²) in [6.45, 7) is 3.99. The van der Waals surface area contributed by atoms with E-state index in [0.717, 1.165) is 16.3 Å². The second-order valence-electron chi connectivity index (χ2n) is 4.68. The molecule has 0 aromatic carbocycles. The van der Waals surface area contributed by atoms with Crippen molar-refractivity contribution in [3.8, 4) is 0 Å². The normalized spacial score (nSPS) is 11.8. The summed E-state index contributed by atoms with van der Waals surface area (Å²) in [5, 5.41) is 4.00. The van der Waals surface area contributed by atoms with Gasteiger partial charge in [-0.3, -0.25) is 13.9 Å². The van der Waals surface area contributed by atoms with Crippen LogP contribution in [0.3, 0.4) is 0 Å². The molecule has 0 unspecified atom stereocenters. The van der Waals surface area contributed by atoms with Gasteiger partial charge in [-0.2, -0.15) is 5.10 Å². The quantitative estimate of drug-likeness (QED) is 0.549. The molecule has 3 aromatic rings. The van der Waals surface area contributed by atoms with Gasteiger partial charge in [0.15, 0.2) is 10.7 Å². The van der Waals surface area contributed by atoms with Crippen LogP contribution in [0.15, 0.2) is 24.7 Å². The van der Waals surface area contributed by atoms with Gasteiger partial charge in [-0.1, -0.05) is 0 Å². The number of ketones is 1. The SMILES string of the molecule is Cc1cn2c(C=CC(=O)c3cnn(C)c3)c(C)nc2s1. The maximum Gasteiger partial charge on any atom is 0.194 e. The van der Waals surface area contributed by atoms with Gasteiger partial charge >= 0.3 is 0 Å². The minimum Gasteiger partial charge on any atom is -0.290 e. The van der Waals surface area contributed by atoms with Crippen molar-refractivity contribution >= 4 is 28.2 Å². The van der Waals surface area contributed by atoms with Crippen LogP contribution in [0, 0.1) is 13.8 Å². The molecule has 3 rings (SSSR count). The number of hydrogen-bond acceptors (Lipinski definition) is 4. The standard InChI is InChI=1S/C14H14N4OS/c1-9-7-18-12(10(2)16-14(18)20-9)4-5-13(19)11-6-15-17(3)8-11/h4-8H,1-3H3. The molecular weight excluding hydrogens is 272 g/mol. The maximum absolute atomic E-state index is 12.0. The van der Waals surface area contributed by atoms with E-state index in [1.54, 1.807) is 41.5 Å². The van der Waals surface area contributed by atoms with Crippen LogP contribution in [-0.4, -0.2) is 24.9 Å². The molecule has 5 nitrogen and oxygen atoms in total. The molecule has 102 valence electrons. The zero-order valence-corrected chi connectivity index (χ0v) is 12.3. The van der Waals surface area contributed by atoms with E-state index in [2.05, 4.69) is 10.1 Å². The van der Waals surface area contributed by atoms with E-state index in [4.69, 9.17) is 0 Å². The molecule has 0 saturated heterocycles. The highest BCUT2D eigenvalue weighted by molar-refractivity contribution is 7.17. The van der Waals surface area contributed by atoms with E-state index in [1.165, 1.54) is 4.88 Å². The predicted molar refractivity (Wildman–Crippen MR) is 79.1 cm³/mol. The van der Waals surface area contributed by atoms with Crippen molar-refractivity contribution in [2.45, 2.75) is 13.8 Å². The Balaban J connectivity index is 1.94. The summed E-state index contributed by atoms with van der Waals surface area (Å²) in [6, 6.07) is 0. The third-order valence-corrected chi connectivity index (χ3v) is 3.94. The van der Waals surface area contributed by atoms with Gasteiger partial charge in [-0.05, 0) is 26.0 Å². The van der Waals surface area contributed by atoms with Crippen LogP contribution in [0.5, 0.6) is 0 Å². The van der Waals surface area contributed by atoms with Gasteiger partial charge in [0, 0.05) is 24.3 Å². The van der Waals surface area contributed by atoms with E-state index in [0.29, 0.717) is 5.56 Å². The number of aromatic nitrogens is 4. The summed E-state index contributed by atoms with van der Waals surface area (Å²) >= 11 is 1.64. The summed E-state index contributed by atoms with van der Waals surface area (Å²) in [5.74, 6) is -0.0561. The van der Waals surface area contributed by atoms with E-state index in [9.17, 15) is 4.79 Å². The lowest BCUT2D eigenvalue weighted by molar-refractivity contribution is 0.104. The fraction of sp³-hybridized carbons (Fsp3) is 0.214. The Morgan fingerprint density at radius 3 is 2.85 bits per heavy atom. The van der Waals surface area contributed by atoms with Crippen LogP contribution >= 0.6 is 11.3 Å². The molecule has 0 spiro atoms. The average Bonchev–Trinajstić information content (AvgIpc) is 3.02. The Morgan fingerprint density at radius 2 is 2.15 bits per heavy atom. The Morgan fingerprint density at radius 1 is 1.35 bits per heavy atom. The third-order valence-electron chi connectivity index (χ3n) is 3.04. The van der Waals surface area contributed by atoms with E-state index in [1.807, 2.05) is 30.5 Å². The predicted octanol–water partition coefficient (Wildman–Crippen LogP) is 2.64. The van der Waals surface area contributed by atoms with Gasteiger partial charge < -0.3 is 0 Å². The number of nitrogens with zero attached hydrogens (tertiary/aromatic N) is 4. The van der Waals surface area contributed by atoms with Crippen molar-refractivity contribution in [1.82, 2.24) is 19.2 Å². The summed E-state index contributed by atoms with van der Waals surface area (Å²) in [5.41, 5.74) is 2.46. The molecule has 0 aliphatic heterocycles. The van der Waals surface area contributed by atoms with Crippen molar-refractivity contribution in [3.05, 3.63) is 46.5 Å². The Kier molecular flexibility index (Phi) is 3.02. The maximum atomic E-state index is 12.0. The number of thiazole rings is 1. The van der Waals surface area contributed by atoms with E-state index >= 15 is 0 Å². The number of hydrogen-bond donors (Lipinski definition) is 0. The van der Waals surface area contributed by atoms with Gasteiger partial charge in [0.2, 0.25) is 0 Å². The Bertz CT molecular complexity index is 822. The van der Waals surface area contributed by atoms with Crippen molar-refractivity contribution in [1.29, 1.82) is 0 Å². The van der Waals surface area contributed by atoms with Crippen LogP contribution in [0.1, 0.15) is 26.6 Å². The molecule has 20 heavy (non-hydrogen) atoms. The van der Waals surface area contributed by atoms with Crippen LogP contribution in [0.4, 0.5) is 0 Å². The molecule has 0 atom stereocenters. The van der Waals surface area contributed by atoms with Gasteiger partial charge in [0.1, 0.15) is 0 Å². The highest BCUT2D eigenvalue weighted by Crippen LogP contribution is 2.21. The molecule has 0 aliphatic carbocycles. The Hall–Kier alpha value is -2.21. The van der Waals surface area contributed by atoms with Crippen molar-refractivity contribution in [2.75, 3.05) is 0 Å². The molecule has 0 saturated carbocycles. The van der Waals surface area contributed by atoms with E-state index < -0.39 is 0 Å². The summed E-state index contributed by atoms with van der Waals surface area (Å²) in [4.78, 5) is 18.7. The molecule has 0 radical (unpaired) electrons. The first-order chi connectivity index (χ1) is 9.54. The van der Waals surface area contributed by atoms with Gasteiger partial charge in [0.25, 0.3) is 0 Å². The zero-order chi connectivity index (χ0) is 14.3. The fourth-order valence-corrected chi connectivity index (χ4v) is 2.96. The molecule has 0 amide bonds. The van der Waals surface area contributed by atoms with E-state index in [-0.39, 0.29) is 5.78 Å². The minimum atomic E-state index is -0.0561. The minimum absolute atomic E-state index is 0.0561. The molecule has 0 N–H and O–H groups in total. The van der Waals surface area contributed by atoms with Crippen molar-refractivity contribution in [3.63, 3.8) is 0 Å². The van der Waals surface area contributed by atoms with Crippen molar-refractivity contribution in [2.24, 2.45) is 7.05 Å². The summed E-state index contributed by atoms with van der Waals surface area (Å²) in [7, 11) is 1.79. The smallest absolute Gasteiger partial charge is 0.194 e. The Labute approximate surface area is 120 Å². The average molecular weight is 286 g/mol. The van der Waals surface area contributed by atoms with Crippen LogP contribution in [0.25, 0.3) is 11.0 Å². The van der Waals surface area contributed by atoms with Crippen LogP contribution in [-0.2, 0) is 7.05 Å². The molecule has 3 aromatic heterocycles.